The van der Waals surface area contributed by atoms with Crippen molar-refractivity contribution < 1.29 is 10.2 Å². The van der Waals surface area contributed by atoms with Gasteiger partial charge in [0.05, 0.1) is 0 Å². The molecule has 0 aliphatic carbocycles. The van der Waals surface area contributed by atoms with Crippen molar-refractivity contribution in [3.8, 4) is 11.5 Å². The lowest BCUT2D eigenvalue weighted by atomic mass is 9.78. The van der Waals surface area contributed by atoms with E-state index in [9.17, 15) is 5.11 Å². The second-order valence-corrected chi connectivity index (χ2v) is 9.35. The van der Waals surface area contributed by atoms with Crippen molar-refractivity contribution in [1.29, 1.82) is 0 Å². The van der Waals surface area contributed by atoms with Crippen LogP contribution in [-0.2, 0) is 17.3 Å². The molecule has 156 valence electrons. The van der Waals surface area contributed by atoms with Crippen molar-refractivity contribution in [2.24, 2.45) is 0 Å². The molecule has 2 N–H and O–H groups in total. The van der Waals surface area contributed by atoms with E-state index in [-0.39, 0.29) is 10.8 Å². The third kappa shape index (κ3) is 7.58. The predicted molar refractivity (Wildman–Crippen MR) is 121 cm³/mol. The van der Waals surface area contributed by atoms with Crippen LogP contribution in [0, 0.1) is 0 Å². The second-order valence-electron chi connectivity index (χ2n) is 9.35. The molecule has 0 saturated heterocycles. The Hall–Kier alpha value is -1.96. The summed E-state index contributed by atoms with van der Waals surface area (Å²) in [7, 11) is 0. The molecule has 0 bridgehead atoms. The van der Waals surface area contributed by atoms with Crippen LogP contribution in [0.2, 0.25) is 0 Å². The highest BCUT2D eigenvalue weighted by Crippen LogP contribution is 2.36. The van der Waals surface area contributed by atoms with Crippen molar-refractivity contribution in [1.82, 2.24) is 0 Å². The lowest BCUT2D eigenvalue weighted by Gasteiger charge is -2.27. The zero-order chi connectivity index (χ0) is 21.4. The molecule has 0 spiro atoms. The number of hydrogen-bond donors (Lipinski definition) is 2. The van der Waals surface area contributed by atoms with Crippen LogP contribution in [0.25, 0.3) is 0 Å². The van der Waals surface area contributed by atoms with Crippen molar-refractivity contribution >= 4 is 0 Å². The van der Waals surface area contributed by atoms with Gasteiger partial charge in [-0.25, -0.2) is 0 Å². The summed E-state index contributed by atoms with van der Waals surface area (Å²) in [6, 6.07) is 13.5. The van der Waals surface area contributed by atoms with Crippen LogP contribution in [0.15, 0.2) is 42.5 Å². The summed E-state index contributed by atoms with van der Waals surface area (Å²) >= 11 is 0. The van der Waals surface area contributed by atoms with Crippen molar-refractivity contribution in [2.45, 2.75) is 91.4 Å². The van der Waals surface area contributed by atoms with Gasteiger partial charge in [0.25, 0.3) is 0 Å². The molecule has 0 atom stereocenters. The fourth-order valence-electron chi connectivity index (χ4n) is 3.03. The Labute approximate surface area is 172 Å². The number of aromatic hydroxyl groups is 2. The maximum atomic E-state index is 9.97. The molecule has 0 unspecified atom stereocenters. The Kier molecular flexibility index (Phi) is 9.07. The van der Waals surface area contributed by atoms with E-state index in [1.165, 1.54) is 30.4 Å². The molecule has 2 rings (SSSR count). The van der Waals surface area contributed by atoms with E-state index in [1.54, 1.807) is 6.07 Å². The van der Waals surface area contributed by atoms with Crippen LogP contribution in [0.5, 0.6) is 11.5 Å². The summed E-state index contributed by atoms with van der Waals surface area (Å²) in [6.07, 6.45) is 5.85. The number of phenols is 2. The van der Waals surface area contributed by atoms with Crippen LogP contribution >= 0.6 is 0 Å². The summed E-state index contributed by atoms with van der Waals surface area (Å²) in [5.74, 6) is 0.795. The second kappa shape index (κ2) is 10.5. The van der Waals surface area contributed by atoms with Crippen LogP contribution in [0.3, 0.4) is 0 Å². The maximum absolute atomic E-state index is 9.97. The lowest BCUT2D eigenvalue weighted by Crippen LogP contribution is -2.18. The minimum absolute atomic E-state index is 0.0331. The smallest absolute Gasteiger partial charge is 0.119 e. The summed E-state index contributed by atoms with van der Waals surface area (Å²) in [4.78, 5) is 0. The lowest BCUT2D eigenvalue weighted by molar-refractivity contribution is 0.426. The zero-order valence-corrected chi connectivity index (χ0v) is 19.0. The molecular formula is C26H40O2. The highest BCUT2D eigenvalue weighted by Gasteiger charge is 2.24. The van der Waals surface area contributed by atoms with E-state index in [1.807, 2.05) is 24.3 Å². The van der Waals surface area contributed by atoms with Crippen LogP contribution < -0.4 is 0 Å². The van der Waals surface area contributed by atoms with E-state index in [2.05, 4.69) is 60.6 Å². The van der Waals surface area contributed by atoms with Gasteiger partial charge in [-0.3, -0.25) is 0 Å². The third-order valence-electron chi connectivity index (χ3n) is 5.46. The number of aryl methyl sites for hydroxylation is 1. The molecule has 2 nitrogen and oxygen atoms in total. The van der Waals surface area contributed by atoms with Gasteiger partial charge in [-0.2, -0.15) is 0 Å². The normalized spacial score (nSPS) is 11.7. The van der Waals surface area contributed by atoms with Crippen LogP contribution in [0.1, 0.15) is 90.8 Å². The van der Waals surface area contributed by atoms with E-state index in [0.717, 1.165) is 18.4 Å². The number of phenolic OH excluding ortho intramolecular Hbond substituents is 2. The Morgan fingerprint density at radius 1 is 0.821 bits per heavy atom. The fourth-order valence-corrected chi connectivity index (χ4v) is 3.03. The number of benzene rings is 2. The highest BCUT2D eigenvalue weighted by atomic mass is 16.3. The van der Waals surface area contributed by atoms with Gasteiger partial charge < -0.3 is 10.2 Å². The molecule has 2 aromatic rings. The molecule has 0 aromatic heterocycles. The number of unbranched alkanes of at least 4 members (excludes halogenated alkanes) is 2. The van der Waals surface area contributed by atoms with Gasteiger partial charge in [-0.15, -0.1) is 0 Å². The maximum Gasteiger partial charge on any atom is 0.119 e. The summed E-state index contributed by atoms with van der Waals surface area (Å²) < 4.78 is 0. The quantitative estimate of drug-likeness (QED) is 0.506. The molecule has 2 aromatic carbocycles. The first-order valence-corrected chi connectivity index (χ1v) is 10.6. The SMILES string of the molecule is CCC(C)(C)c1cc(C(C)(C)C)ccc1O.CCCCCc1cccc(O)c1. The first-order chi connectivity index (χ1) is 13.0. The fraction of sp³-hybridized carbons (Fsp3) is 0.538. The summed E-state index contributed by atoms with van der Waals surface area (Å²) in [6.45, 7) is 15.3. The largest absolute Gasteiger partial charge is 0.508 e. The molecule has 0 aliphatic heterocycles. The van der Waals surface area contributed by atoms with E-state index in [0.29, 0.717) is 11.5 Å². The standard InChI is InChI=1S/C15H24O.C11H16O/c1-7-15(5,6)12-10-11(14(2,3)4)8-9-13(12)16;1-2-3-4-6-10-7-5-8-11(12)9-10/h8-10,16H,7H2,1-6H3;5,7-9,12H,2-4,6H2,1H3. The molecule has 28 heavy (non-hydrogen) atoms. The van der Waals surface area contributed by atoms with E-state index < -0.39 is 0 Å². The Morgan fingerprint density at radius 3 is 2.04 bits per heavy atom. The molecule has 0 saturated carbocycles. The summed E-state index contributed by atoms with van der Waals surface area (Å²) in [5.41, 5.74) is 3.74. The monoisotopic (exact) mass is 384 g/mol. The average Bonchev–Trinajstić information content (AvgIpc) is 2.62. The molecule has 0 aliphatic rings. The van der Waals surface area contributed by atoms with Gasteiger partial charge in [0.2, 0.25) is 0 Å². The predicted octanol–water partition coefficient (Wildman–Crippen LogP) is 7.50. The van der Waals surface area contributed by atoms with E-state index >= 15 is 0 Å². The van der Waals surface area contributed by atoms with Crippen molar-refractivity contribution in [3.63, 3.8) is 0 Å². The number of rotatable bonds is 6. The van der Waals surface area contributed by atoms with Gasteiger partial charge >= 0.3 is 0 Å². The molecule has 0 radical (unpaired) electrons. The van der Waals surface area contributed by atoms with Gasteiger partial charge in [0.15, 0.2) is 0 Å². The molecule has 2 heteroatoms. The Morgan fingerprint density at radius 2 is 1.50 bits per heavy atom. The molecular weight excluding hydrogens is 344 g/mol. The van der Waals surface area contributed by atoms with Crippen molar-refractivity contribution in [2.75, 3.05) is 0 Å². The van der Waals surface area contributed by atoms with Gasteiger partial charge in [-0.1, -0.05) is 85.6 Å². The topological polar surface area (TPSA) is 40.5 Å². The van der Waals surface area contributed by atoms with Crippen LogP contribution in [-0.4, -0.2) is 10.2 Å². The Bertz CT molecular complexity index is 723. The molecule has 0 amide bonds. The minimum Gasteiger partial charge on any atom is -0.508 e. The highest BCUT2D eigenvalue weighted by molar-refractivity contribution is 5.42. The zero-order valence-electron chi connectivity index (χ0n) is 19.0. The first-order valence-electron chi connectivity index (χ1n) is 10.6. The van der Waals surface area contributed by atoms with Crippen molar-refractivity contribution in [3.05, 3.63) is 59.2 Å². The van der Waals surface area contributed by atoms with Gasteiger partial charge in [0.1, 0.15) is 11.5 Å². The molecule has 0 fully saturated rings. The Balaban J connectivity index is 0.000000292. The first kappa shape index (κ1) is 24.1. The van der Waals surface area contributed by atoms with Gasteiger partial charge in [0, 0.05) is 0 Å². The third-order valence-corrected chi connectivity index (χ3v) is 5.46. The van der Waals surface area contributed by atoms with Crippen LogP contribution in [0.4, 0.5) is 0 Å². The minimum atomic E-state index is 0.0331. The van der Waals surface area contributed by atoms with E-state index in [4.69, 9.17) is 5.11 Å². The van der Waals surface area contributed by atoms with Gasteiger partial charge in [-0.05, 0) is 65.0 Å². The summed E-state index contributed by atoms with van der Waals surface area (Å²) in [5, 5.41) is 19.1. The average molecular weight is 385 g/mol. The number of hydrogen-bond acceptors (Lipinski definition) is 2. The molecule has 0 heterocycles.